The van der Waals surface area contributed by atoms with Gasteiger partial charge in [-0.1, -0.05) is 25.1 Å². The van der Waals surface area contributed by atoms with Crippen molar-refractivity contribution in [1.82, 2.24) is 20.2 Å². The molecule has 1 aliphatic carbocycles. The van der Waals surface area contributed by atoms with Crippen molar-refractivity contribution in [2.45, 2.75) is 39.2 Å². The number of hydrogen-bond donors (Lipinski definition) is 2. The molecule has 0 unspecified atom stereocenters. The Balaban J connectivity index is 1.24. The van der Waals surface area contributed by atoms with E-state index in [1.807, 2.05) is 18.3 Å². The van der Waals surface area contributed by atoms with Crippen molar-refractivity contribution < 1.29 is 4.79 Å². The number of aromatic amines is 1. The van der Waals surface area contributed by atoms with Crippen LogP contribution in [0.4, 0.5) is 5.82 Å². The number of rotatable bonds is 5. The number of aryl methyl sites for hydroxylation is 2. The Morgan fingerprint density at radius 3 is 2.71 bits per heavy atom. The molecule has 1 aromatic carbocycles. The summed E-state index contributed by atoms with van der Waals surface area (Å²) in [5, 5.41) is 4.29. The number of H-pyrrole nitrogens is 1. The van der Waals surface area contributed by atoms with E-state index in [-0.39, 0.29) is 5.91 Å². The molecule has 1 saturated heterocycles. The number of amides is 1. The Labute approximate surface area is 183 Å². The zero-order valence-corrected chi connectivity index (χ0v) is 18.3. The van der Waals surface area contributed by atoms with Gasteiger partial charge in [0.2, 0.25) is 0 Å². The first-order chi connectivity index (χ1) is 15.2. The number of fused-ring (bicyclic) bond motifs is 3. The van der Waals surface area contributed by atoms with Crippen LogP contribution in [-0.2, 0) is 19.4 Å². The topological polar surface area (TPSA) is 64.3 Å². The molecular formula is C25H31N5O. The van der Waals surface area contributed by atoms with Gasteiger partial charge >= 0.3 is 0 Å². The van der Waals surface area contributed by atoms with Crippen molar-refractivity contribution in [2.75, 3.05) is 37.6 Å². The monoisotopic (exact) mass is 417 g/mol. The van der Waals surface area contributed by atoms with E-state index in [9.17, 15) is 4.79 Å². The van der Waals surface area contributed by atoms with Crippen LogP contribution in [0, 0.1) is 0 Å². The normalized spacial score (nSPS) is 17.0. The molecule has 1 fully saturated rings. The number of benzene rings is 1. The number of aromatic nitrogens is 2. The molecule has 0 atom stereocenters. The summed E-state index contributed by atoms with van der Waals surface area (Å²) >= 11 is 0. The van der Waals surface area contributed by atoms with Crippen LogP contribution in [0.3, 0.4) is 0 Å². The summed E-state index contributed by atoms with van der Waals surface area (Å²) in [7, 11) is 0. The van der Waals surface area contributed by atoms with E-state index in [1.54, 1.807) is 0 Å². The van der Waals surface area contributed by atoms with Crippen LogP contribution < -0.4 is 10.2 Å². The molecule has 2 aliphatic rings. The third-order valence-corrected chi connectivity index (χ3v) is 6.78. The number of para-hydroxylation sites is 1. The second-order valence-electron chi connectivity index (χ2n) is 8.65. The SMILES string of the molecule is CCN1CCN(c2ccc(CNC(=O)c3cccc4c5c([nH]c34)CCCC5)cn2)CC1. The van der Waals surface area contributed by atoms with Crippen molar-refractivity contribution in [3.05, 3.63) is 58.9 Å². The molecule has 3 aromatic rings. The molecule has 5 rings (SSSR count). The molecule has 6 nitrogen and oxygen atoms in total. The van der Waals surface area contributed by atoms with E-state index in [0.29, 0.717) is 6.54 Å². The molecule has 0 radical (unpaired) electrons. The average molecular weight is 418 g/mol. The van der Waals surface area contributed by atoms with Gasteiger partial charge in [0.15, 0.2) is 0 Å². The van der Waals surface area contributed by atoms with E-state index in [2.05, 4.69) is 50.2 Å². The van der Waals surface area contributed by atoms with Gasteiger partial charge in [-0.3, -0.25) is 4.79 Å². The number of likely N-dealkylation sites (N-methyl/N-ethyl adjacent to an activating group) is 1. The summed E-state index contributed by atoms with van der Waals surface area (Å²) in [4.78, 5) is 25.9. The Kier molecular flexibility index (Phi) is 5.64. The van der Waals surface area contributed by atoms with Crippen LogP contribution in [-0.4, -0.2) is 53.5 Å². The van der Waals surface area contributed by atoms with Gasteiger partial charge in [-0.2, -0.15) is 0 Å². The minimum atomic E-state index is -0.0380. The predicted octanol–water partition coefficient (Wildman–Crippen LogP) is 3.51. The number of pyridine rings is 1. The van der Waals surface area contributed by atoms with Gasteiger partial charge in [-0.05, 0) is 55.5 Å². The highest BCUT2D eigenvalue weighted by Gasteiger charge is 2.20. The standard InChI is InChI=1S/C25H31N5O/c1-2-29-12-14-30(15-13-29)23-11-10-18(16-26-23)17-27-25(31)21-8-5-7-20-19-6-3-4-9-22(19)28-24(20)21/h5,7-8,10-11,16,28H,2-4,6,9,12-15,17H2,1H3,(H,27,31). The Morgan fingerprint density at radius 1 is 1.10 bits per heavy atom. The number of hydrogen-bond acceptors (Lipinski definition) is 4. The molecule has 0 spiro atoms. The summed E-state index contributed by atoms with van der Waals surface area (Å²) in [6, 6.07) is 10.2. The summed E-state index contributed by atoms with van der Waals surface area (Å²) < 4.78 is 0. The highest BCUT2D eigenvalue weighted by Crippen LogP contribution is 2.30. The Bertz CT molecular complexity index is 1060. The molecule has 162 valence electrons. The van der Waals surface area contributed by atoms with Gasteiger partial charge < -0.3 is 20.1 Å². The van der Waals surface area contributed by atoms with Gasteiger partial charge in [0.1, 0.15) is 5.82 Å². The van der Waals surface area contributed by atoms with Crippen LogP contribution >= 0.6 is 0 Å². The second kappa shape index (κ2) is 8.71. The lowest BCUT2D eigenvalue weighted by Crippen LogP contribution is -2.46. The maximum atomic E-state index is 13.0. The van der Waals surface area contributed by atoms with Gasteiger partial charge in [-0.15, -0.1) is 0 Å². The first-order valence-corrected chi connectivity index (χ1v) is 11.6. The van der Waals surface area contributed by atoms with Crippen LogP contribution in [0.5, 0.6) is 0 Å². The van der Waals surface area contributed by atoms with Gasteiger partial charge in [-0.25, -0.2) is 4.98 Å². The molecule has 1 aliphatic heterocycles. The van der Waals surface area contributed by atoms with Crippen molar-refractivity contribution in [2.24, 2.45) is 0 Å². The quantitative estimate of drug-likeness (QED) is 0.667. The molecule has 3 heterocycles. The minimum absolute atomic E-state index is 0.0380. The number of carbonyl (C=O) groups is 1. The number of nitrogens with zero attached hydrogens (tertiary/aromatic N) is 3. The fraction of sp³-hybridized carbons (Fsp3) is 0.440. The smallest absolute Gasteiger partial charge is 0.253 e. The van der Waals surface area contributed by atoms with Crippen LogP contribution in [0.2, 0.25) is 0 Å². The van der Waals surface area contributed by atoms with Gasteiger partial charge in [0, 0.05) is 50.0 Å². The number of nitrogens with one attached hydrogen (secondary N) is 2. The fourth-order valence-corrected chi connectivity index (χ4v) is 4.90. The molecule has 2 N–H and O–H groups in total. The van der Waals surface area contributed by atoms with Crippen molar-refractivity contribution >= 4 is 22.6 Å². The lowest BCUT2D eigenvalue weighted by Gasteiger charge is -2.34. The second-order valence-corrected chi connectivity index (χ2v) is 8.65. The molecule has 0 saturated carbocycles. The number of piperazine rings is 1. The lowest BCUT2D eigenvalue weighted by atomic mass is 9.95. The summed E-state index contributed by atoms with van der Waals surface area (Å²) in [5.74, 6) is 0.983. The van der Waals surface area contributed by atoms with Crippen molar-refractivity contribution in [1.29, 1.82) is 0 Å². The van der Waals surface area contributed by atoms with Crippen molar-refractivity contribution in [3.8, 4) is 0 Å². The van der Waals surface area contributed by atoms with Crippen LogP contribution in [0.1, 0.15) is 46.9 Å². The molecule has 6 heteroatoms. The van der Waals surface area contributed by atoms with E-state index in [0.717, 1.165) is 68.0 Å². The number of carbonyl (C=O) groups excluding carboxylic acids is 1. The predicted molar refractivity (Wildman–Crippen MR) is 125 cm³/mol. The van der Waals surface area contributed by atoms with E-state index >= 15 is 0 Å². The summed E-state index contributed by atoms with van der Waals surface area (Å²) in [6.07, 6.45) is 6.52. The maximum Gasteiger partial charge on any atom is 0.253 e. The van der Waals surface area contributed by atoms with Gasteiger partial charge in [0.25, 0.3) is 5.91 Å². The van der Waals surface area contributed by atoms with E-state index < -0.39 is 0 Å². The Hall–Kier alpha value is -2.86. The third-order valence-electron chi connectivity index (χ3n) is 6.78. The maximum absolute atomic E-state index is 13.0. The zero-order valence-electron chi connectivity index (χ0n) is 18.3. The number of anilines is 1. The first kappa shape index (κ1) is 20.1. The lowest BCUT2D eigenvalue weighted by molar-refractivity contribution is 0.0952. The fourth-order valence-electron chi connectivity index (χ4n) is 4.90. The molecule has 2 aromatic heterocycles. The highest BCUT2D eigenvalue weighted by atomic mass is 16.1. The van der Waals surface area contributed by atoms with E-state index in [1.165, 1.54) is 29.5 Å². The third kappa shape index (κ3) is 4.04. The Morgan fingerprint density at radius 2 is 1.94 bits per heavy atom. The zero-order chi connectivity index (χ0) is 21.2. The summed E-state index contributed by atoms with van der Waals surface area (Å²) in [5.41, 5.74) is 5.43. The highest BCUT2D eigenvalue weighted by molar-refractivity contribution is 6.06. The largest absolute Gasteiger partial charge is 0.358 e. The van der Waals surface area contributed by atoms with Crippen molar-refractivity contribution in [3.63, 3.8) is 0 Å². The van der Waals surface area contributed by atoms with Crippen LogP contribution in [0.15, 0.2) is 36.5 Å². The molecule has 0 bridgehead atoms. The minimum Gasteiger partial charge on any atom is -0.358 e. The molecule has 31 heavy (non-hydrogen) atoms. The summed E-state index contributed by atoms with van der Waals surface area (Å²) in [6.45, 7) is 8.00. The average Bonchev–Trinajstić information content (AvgIpc) is 3.22. The first-order valence-electron chi connectivity index (χ1n) is 11.6. The van der Waals surface area contributed by atoms with Gasteiger partial charge in [0.05, 0.1) is 11.1 Å². The molecule has 1 amide bonds. The van der Waals surface area contributed by atoms with E-state index in [4.69, 9.17) is 0 Å². The molecular weight excluding hydrogens is 386 g/mol. The van der Waals surface area contributed by atoms with Crippen LogP contribution in [0.25, 0.3) is 10.9 Å².